The summed E-state index contributed by atoms with van der Waals surface area (Å²) in [7, 11) is 1.56. The van der Waals surface area contributed by atoms with Gasteiger partial charge in [0.15, 0.2) is 6.61 Å². The molecular weight excluding hydrogens is 469 g/mol. The molecule has 3 aromatic carbocycles. The second-order valence-corrected chi connectivity index (χ2v) is 7.58. The first-order chi connectivity index (χ1) is 15.8. The van der Waals surface area contributed by atoms with Crippen LogP contribution in [0.4, 0.5) is 17.1 Å². The lowest BCUT2D eigenvalue weighted by Crippen LogP contribution is -2.21. The van der Waals surface area contributed by atoms with E-state index in [1.165, 1.54) is 12.1 Å². The quantitative estimate of drug-likeness (QED) is 0.330. The highest BCUT2D eigenvalue weighted by Crippen LogP contribution is 2.28. The molecule has 0 aliphatic rings. The lowest BCUT2D eigenvalue weighted by molar-refractivity contribution is -0.119. The zero-order valence-electron chi connectivity index (χ0n) is 17.4. The van der Waals surface area contributed by atoms with E-state index in [9.17, 15) is 14.4 Å². The number of nitrogen functional groups attached to an aromatic ring is 1. The molecular formula is C23H19Cl2N3O5. The number of rotatable bonds is 7. The molecule has 0 aromatic heterocycles. The molecule has 8 nitrogen and oxygen atoms in total. The fourth-order valence-corrected chi connectivity index (χ4v) is 3.24. The van der Waals surface area contributed by atoms with Crippen molar-refractivity contribution in [3.63, 3.8) is 0 Å². The average molecular weight is 488 g/mol. The predicted octanol–water partition coefficient (Wildman–Crippen LogP) is 4.63. The van der Waals surface area contributed by atoms with Gasteiger partial charge in [-0.25, -0.2) is 4.79 Å². The molecule has 170 valence electrons. The zero-order chi connectivity index (χ0) is 24.0. The van der Waals surface area contributed by atoms with Crippen LogP contribution in [0.3, 0.4) is 0 Å². The average Bonchev–Trinajstić information content (AvgIpc) is 2.80. The second-order valence-electron chi connectivity index (χ2n) is 6.73. The Kier molecular flexibility index (Phi) is 7.76. The number of carbonyl (C=O) groups is 3. The molecule has 33 heavy (non-hydrogen) atoms. The van der Waals surface area contributed by atoms with Crippen LogP contribution in [0, 0.1) is 0 Å². The van der Waals surface area contributed by atoms with Gasteiger partial charge in [0.05, 0.1) is 23.4 Å². The van der Waals surface area contributed by atoms with Gasteiger partial charge in [0.2, 0.25) is 0 Å². The van der Waals surface area contributed by atoms with Crippen molar-refractivity contribution in [2.75, 3.05) is 30.1 Å². The number of carbonyl (C=O) groups excluding carboxylic acids is 3. The number of benzene rings is 3. The van der Waals surface area contributed by atoms with Crippen LogP contribution < -0.4 is 21.1 Å². The van der Waals surface area contributed by atoms with Gasteiger partial charge in [-0.05, 0) is 60.7 Å². The van der Waals surface area contributed by atoms with Gasteiger partial charge in [0, 0.05) is 22.0 Å². The molecule has 0 heterocycles. The number of anilines is 3. The van der Waals surface area contributed by atoms with E-state index in [-0.39, 0.29) is 27.2 Å². The summed E-state index contributed by atoms with van der Waals surface area (Å²) in [6.45, 7) is -0.553. The minimum absolute atomic E-state index is 0.00924. The molecule has 10 heteroatoms. The maximum atomic E-state index is 12.4. The van der Waals surface area contributed by atoms with Gasteiger partial charge in [-0.1, -0.05) is 23.2 Å². The lowest BCUT2D eigenvalue weighted by Gasteiger charge is -2.10. The monoisotopic (exact) mass is 487 g/mol. The van der Waals surface area contributed by atoms with E-state index in [2.05, 4.69) is 10.6 Å². The smallest absolute Gasteiger partial charge is 0.340 e. The molecule has 0 radical (unpaired) electrons. The van der Waals surface area contributed by atoms with Crippen LogP contribution in [0.5, 0.6) is 5.75 Å². The standard InChI is InChI=1S/C23H19Cl2N3O5/c1-32-17-8-6-16(7-9-17)28-22(30)13-2-4-15(5-3-13)27-20(29)12-33-23(31)18-10-14(24)11-19(25)21(18)26/h2-11H,12,26H2,1H3,(H,27,29)(H,28,30). The van der Waals surface area contributed by atoms with Crippen molar-refractivity contribution < 1.29 is 23.9 Å². The number of methoxy groups -OCH3 is 1. The van der Waals surface area contributed by atoms with Crippen LogP contribution in [0.2, 0.25) is 10.0 Å². The van der Waals surface area contributed by atoms with Crippen LogP contribution in [0.25, 0.3) is 0 Å². The van der Waals surface area contributed by atoms with Crippen molar-refractivity contribution in [1.82, 2.24) is 0 Å². The number of esters is 1. The van der Waals surface area contributed by atoms with Crippen molar-refractivity contribution >= 4 is 58.0 Å². The Labute approximate surface area is 199 Å². The highest BCUT2D eigenvalue weighted by molar-refractivity contribution is 6.37. The van der Waals surface area contributed by atoms with Crippen molar-refractivity contribution in [3.05, 3.63) is 81.8 Å². The van der Waals surface area contributed by atoms with Crippen LogP contribution >= 0.6 is 23.2 Å². The van der Waals surface area contributed by atoms with Gasteiger partial charge in [-0.3, -0.25) is 9.59 Å². The summed E-state index contributed by atoms with van der Waals surface area (Å²) >= 11 is 11.8. The summed E-state index contributed by atoms with van der Waals surface area (Å²) in [5.41, 5.74) is 7.15. The van der Waals surface area contributed by atoms with E-state index >= 15 is 0 Å². The Balaban J connectivity index is 1.53. The first-order valence-electron chi connectivity index (χ1n) is 9.54. The Bertz CT molecular complexity index is 1180. The van der Waals surface area contributed by atoms with Crippen molar-refractivity contribution in [2.24, 2.45) is 0 Å². The van der Waals surface area contributed by atoms with Gasteiger partial charge >= 0.3 is 5.97 Å². The number of hydrogen-bond donors (Lipinski definition) is 3. The Morgan fingerprint density at radius 1 is 0.909 bits per heavy atom. The van der Waals surface area contributed by atoms with E-state index in [4.69, 9.17) is 38.4 Å². The minimum Gasteiger partial charge on any atom is -0.497 e. The first kappa shape index (κ1) is 23.9. The normalized spacial score (nSPS) is 10.3. The number of nitrogens with two attached hydrogens (primary N) is 1. The van der Waals surface area contributed by atoms with E-state index in [0.29, 0.717) is 22.7 Å². The molecule has 0 spiro atoms. The Morgan fingerprint density at radius 2 is 1.52 bits per heavy atom. The molecule has 3 aromatic rings. The summed E-state index contributed by atoms with van der Waals surface area (Å²) in [5, 5.41) is 5.65. The number of amides is 2. The van der Waals surface area contributed by atoms with Gasteiger partial charge in [0.1, 0.15) is 5.75 Å². The number of hydrogen-bond acceptors (Lipinski definition) is 6. The van der Waals surface area contributed by atoms with Gasteiger partial charge < -0.3 is 25.8 Å². The van der Waals surface area contributed by atoms with Crippen molar-refractivity contribution in [2.45, 2.75) is 0 Å². The van der Waals surface area contributed by atoms with E-state index < -0.39 is 18.5 Å². The topological polar surface area (TPSA) is 120 Å². The van der Waals surface area contributed by atoms with Crippen LogP contribution in [-0.4, -0.2) is 31.5 Å². The van der Waals surface area contributed by atoms with Crippen LogP contribution in [0.15, 0.2) is 60.7 Å². The largest absolute Gasteiger partial charge is 0.497 e. The van der Waals surface area contributed by atoms with Crippen LogP contribution in [0.1, 0.15) is 20.7 Å². The molecule has 0 bridgehead atoms. The molecule has 0 atom stereocenters. The number of halogens is 2. The molecule has 4 N–H and O–H groups in total. The fraction of sp³-hybridized carbons (Fsp3) is 0.0870. The second kappa shape index (κ2) is 10.7. The first-order valence-corrected chi connectivity index (χ1v) is 10.3. The third-order valence-electron chi connectivity index (χ3n) is 4.43. The van der Waals surface area contributed by atoms with E-state index in [1.54, 1.807) is 55.6 Å². The van der Waals surface area contributed by atoms with E-state index in [1.807, 2.05) is 0 Å². The Morgan fingerprint density at radius 3 is 2.15 bits per heavy atom. The molecule has 0 saturated carbocycles. The van der Waals surface area contributed by atoms with Gasteiger partial charge in [-0.2, -0.15) is 0 Å². The minimum atomic E-state index is -0.836. The summed E-state index contributed by atoms with van der Waals surface area (Å²) in [4.78, 5) is 36.7. The maximum absolute atomic E-state index is 12.4. The lowest BCUT2D eigenvalue weighted by atomic mass is 10.2. The fourth-order valence-electron chi connectivity index (χ4n) is 2.74. The maximum Gasteiger partial charge on any atom is 0.340 e. The third kappa shape index (κ3) is 6.38. The molecule has 0 saturated heterocycles. The van der Waals surface area contributed by atoms with Crippen molar-refractivity contribution in [1.29, 1.82) is 0 Å². The van der Waals surface area contributed by atoms with Gasteiger partial charge in [-0.15, -0.1) is 0 Å². The molecule has 0 fully saturated rings. The summed E-state index contributed by atoms with van der Waals surface area (Å²) in [6.07, 6.45) is 0. The number of nitrogens with one attached hydrogen (secondary N) is 2. The molecule has 0 aliphatic carbocycles. The van der Waals surface area contributed by atoms with E-state index in [0.717, 1.165) is 0 Å². The Hall–Kier alpha value is -3.75. The SMILES string of the molecule is COc1ccc(NC(=O)c2ccc(NC(=O)COC(=O)c3cc(Cl)cc(Cl)c3N)cc2)cc1. The molecule has 0 aliphatic heterocycles. The summed E-state index contributed by atoms with van der Waals surface area (Å²) in [6, 6.07) is 15.8. The molecule has 0 unspecified atom stereocenters. The van der Waals surface area contributed by atoms with Gasteiger partial charge in [0.25, 0.3) is 11.8 Å². The van der Waals surface area contributed by atoms with Crippen molar-refractivity contribution in [3.8, 4) is 5.75 Å². The predicted molar refractivity (Wildman–Crippen MR) is 127 cm³/mol. The summed E-state index contributed by atoms with van der Waals surface area (Å²) < 4.78 is 10.1. The number of ether oxygens (including phenoxy) is 2. The summed E-state index contributed by atoms with van der Waals surface area (Å²) in [5.74, 6) is -1.05. The molecule has 2 amide bonds. The molecule has 3 rings (SSSR count). The third-order valence-corrected chi connectivity index (χ3v) is 4.96. The highest BCUT2D eigenvalue weighted by Gasteiger charge is 2.17. The zero-order valence-corrected chi connectivity index (χ0v) is 18.9. The van der Waals surface area contributed by atoms with Crippen LogP contribution in [-0.2, 0) is 9.53 Å². The highest BCUT2D eigenvalue weighted by atomic mass is 35.5.